The van der Waals surface area contributed by atoms with Crippen LogP contribution in [0.25, 0.3) is 0 Å². The molecule has 24 heavy (non-hydrogen) atoms. The predicted molar refractivity (Wildman–Crippen MR) is 81.8 cm³/mol. The highest BCUT2D eigenvalue weighted by molar-refractivity contribution is 7.92. The Morgan fingerprint density at radius 1 is 0.958 bits per heavy atom. The molecule has 0 saturated heterocycles. The average molecular weight is 361 g/mol. The van der Waals surface area contributed by atoms with Gasteiger partial charge in [-0.2, -0.15) is 13.2 Å². The minimum atomic E-state index is -4.53. The SMILES string of the molecule is COc1ccc(NS(=O)(=O)c2ccc(C(F)(F)F)cc2)c(OC)c1. The highest BCUT2D eigenvalue weighted by Crippen LogP contribution is 2.32. The van der Waals surface area contributed by atoms with E-state index in [0.29, 0.717) is 17.9 Å². The van der Waals surface area contributed by atoms with Crippen molar-refractivity contribution in [2.75, 3.05) is 18.9 Å². The normalized spacial score (nSPS) is 11.9. The van der Waals surface area contributed by atoms with Gasteiger partial charge in [0.15, 0.2) is 0 Å². The van der Waals surface area contributed by atoms with Crippen LogP contribution in [0.3, 0.4) is 0 Å². The van der Waals surface area contributed by atoms with E-state index in [0.717, 1.165) is 12.1 Å². The van der Waals surface area contributed by atoms with Gasteiger partial charge in [-0.05, 0) is 36.4 Å². The molecule has 0 heterocycles. The summed E-state index contributed by atoms with van der Waals surface area (Å²) in [7, 11) is -1.27. The monoisotopic (exact) mass is 361 g/mol. The summed E-state index contributed by atoms with van der Waals surface area (Å²) >= 11 is 0. The number of halogens is 3. The molecule has 0 aliphatic rings. The molecule has 0 spiro atoms. The molecule has 0 bridgehead atoms. The number of rotatable bonds is 5. The van der Waals surface area contributed by atoms with Crippen molar-refractivity contribution in [3.63, 3.8) is 0 Å². The van der Waals surface area contributed by atoms with E-state index in [-0.39, 0.29) is 16.3 Å². The van der Waals surface area contributed by atoms with Gasteiger partial charge >= 0.3 is 6.18 Å². The van der Waals surface area contributed by atoms with Crippen LogP contribution in [0.15, 0.2) is 47.4 Å². The topological polar surface area (TPSA) is 64.6 Å². The number of anilines is 1. The zero-order valence-corrected chi connectivity index (χ0v) is 13.5. The second-order valence-corrected chi connectivity index (χ2v) is 6.38. The molecule has 0 fully saturated rings. The van der Waals surface area contributed by atoms with E-state index in [4.69, 9.17) is 9.47 Å². The van der Waals surface area contributed by atoms with Crippen molar-refractivity contribution >= 4 is 15.7 Å². The third-order valence-electron chi connectivity index (χ3n) is 3.14. The van der Waals surface area contributed by atoms with Crippen molar-refractivity contribution in [1.82, 2.24) is 0 Å². The summed E-state index contributed by atoms with van der Waals surface area (Å²) in [5.41, 5.74) is -0.790. The quantitative estimate of drug-likeness (QED) is 0.885. The standard InChI is InChI=1S/C15H14F3NO4S/c1-22-11-5-8-13(14(9-11)23-2)19-24(20,21)12-6-3-10(4-7-12)15(16,17)18/h3-9,19H,1-2H3. The number of nitrogens with one attached hydrogen (secondary N) is 1. The van der Waals surface area contributed by atoms with E-state index in [9.17, 15) is 21.6 Å². The van der Waals surface area contributed by atoms with E-state index >= 15 is 0 Å². The zero-order valence-electron chi connectivity index (χ0n) is 12.7. The molecule has 9 heteroatoms. The van der Waals surface area contributed by atoms with E-state index in [2.05, 4.69) is 4.72 Å². The Labute approximate surface area is 137 Å². The van der Waals surface area contributed by atoms with Crippen LogP contribution >= 0.6 is 0 Å². The molecular formula is C15H14F3NO4S. The minimum Gasteiger partial charge on any atom is -0.497 e. The fourth-order valence-electron chi connectivity index (χ4n) is 1.91. The third-order valence-corrected chi connectivity index (χ3v) is 4.53. The van der Waals surface area contributed by atoms with Gasteiger partial charge in [0.05, 0.1) is 30.4 Å². The summed E-state index contributed by atoms with van der Waals surface area (Å²) in [4.78, 5) is -0.298. The fourth-order valence-corrected chi connectivity index (χ4v) is 2.98. The summed E-state index contributed by atoms with van der Waals surface area (Å²) in [6.07, 6.45) is -4.53. The first-order valence-corrected chi connectivity index (χ1v) is 8.08. The lowest BCUT2D eigenvalue weighted by Crippen LogP contribution is -2.14. The summed E-state index contributed by atoms with van der Waals surface area (Å²) in [6.45, 7) is 0. The lowest BCUT2D eigenvalue weighted by Gasteiger charge is -2.13. The lowest BCUT2D eigenvalue weighted by atomic mass is 10.2. The molecule has 2 aromatic carbocycles. The Balaban J connectivity index is 2.32. The van der Waals surface area contributed by atoms with E-state index in [1.54, 1.807) is 0 Å². The number of methoxy groups -OCH3 is 2. The Hall–Kier alpha value is -2.42. The predicted octanol–water partition coefficient (Wildman–Crippen LogP) is 3.52. The Morgan fingerprint density at radius 2 is 1.58 bits per heavy atom. The third kappa shape index (κ3) is 3.91. The molecule has 0 saturated carbocycles. The summed E-state index contributed by atoms with van der Waals surface area (Å²) < 4.78 is 74.6. The number of ether oxygens (including phenoxy) is 2. The number of hydrogen-bond donors (Lipinski definition) is 1. The van der Waals surface area contributed by atoms with Gasteiger partial charge in [-0.1, -0.05) is 0 Å². The van der Waals surface area contributed by atoms with Crippen molar-refractivity contribution in [3.8, 4) is 11.5 Å². The second kappa shape index (κ2) is 6.60. The molecule has 130 valence electrons. The van der Waals surface area contributed by atoms with Crippen LogP contribution in [0.2, 0.25) is 0 Å². The van der Waals surface area contributed by atoms with Gasteiger partial charge in [-0.15, -0.1) is 0 Å². The number of hydrogen-bond acceptors (Lipinski definition) is 4. The van der Waals surface area contributed by atoms with Gasteiger partial charge in [0.25, 0.3) is 10.0 Å². The van der Waals surface area contributed by atoms with Gasteiger partial charge in [0.2, 0.25) is 0 Å². The minimum absolute atomic E-state index is 0.137. The molecule has 0 aliphatic carbocycles. The van der Waals surface area contributed by atoms with Crippen molar-refractivity contribution in [2.45, 2.75) is 11.1 Å². The van der Waals surface area contributed by atoms with Gasteiger partial charge < -0.3 is 9.47 Å². The molecule has 5 nitrogen and oxygen atoms in total. The maximum Gasteiger partial charge on any atom is 0.416 e. The van der Waals surface area contributed by atoms with Gasteiger partial charge in [0.1, 0.15) is 11.5 Å². The molecular weight excluding hydrogens is 347 g/mol. The summed E-state index contributed by atoms with van der Waals surface area (Å²) in [5, 5.41) is 0. The Morgan fingerprint density at radius 3 is 2.08 bits per heavy atom. The number of alkyl halides is 3. The van der Waals surface area contributed by atoms with E-state index < -0.39 is 21.8 Å². The van der Waals surface area contributed by atoms with Crippen LogP contribution in [-0.4, -0.2) is 22.6 Å². The van der Waals surface area contributed by atoms with Crippen LogP contribution in [0.4, 0.5) is 18.9 Å². The molecule has 0 amide bonds. The second-order valence-electron chi connectivity index (χ2n) is 4.69. The first kappa shape index (κ1) is 17.9. The molecule has 0 radical (unpaired) electrons. The summed E-state index contributed by atoms with van der Waals surface area (Å²) in [6, 6.07) is 7.62. The van der Waals surface area contributed by atoms with Crippen LogP contribution in [0, 0.1) is 0 Å². The van der Waals surface area contributed by atoms with Crippen LogP contribution in [-0.2, 0) is 16.2 Å². The maximum absolute atomic E-state index is 12.5. The molecule has 2 rings (SSSR count). The van der Waals surface area contributed by atoms with Crippen molar-refractivity contribution in [1.29, 1.82) is 0 Å². The van der Waals surface area contributed by atoms with E-state index in [1.165, 1.54) is 32.4 Å². The molecule has 0 aromatic heterocycles. The van der Waals surface area contributed by atoms with Crippen LogP contribution < -0.4 is 14.2 Å². The van der Waals surface area contributed by atoms with E-state index in [1.807, 2.05) is 0 Å². The first-order chi connectivity index (χ1) is 11.2. The van der Waals surface area contributed by atoms with Gasteiger partial charge in [0, 0.05) is 6.07 Å². The highest BCUT2D eigenvalue weighted by atomic mass is 32.2. The smallest absolute Gasteiger partial charge is 0.416 e. The fraction of sp³-hybridized carbons (Fsp3) is 0.200. The molecule has 2 aromatic rings. The van der Waals surface area contributed by atoms with Crippen LogP contribution in [0.5, 0.6) is 11.5 Å². The number of sulfonamides is 1. The average Bonchev–Trinajstić information content (AvgIpc) is 2.54. The van der Waals surface area contributed by atoms with Gasteiger partial charge in [-0.3, -0.25) is 4.72 Å². The van der Waals surface area contributed by atoms with Crippen molar-refractivity contribution < 1.29 is 31.1 Å². The zero-order chi connectivity index (χ0) is 18.0. The lowest BCUT2D eigenvalue weighted by molar-refractivity contribution is -0.137. The molecule has 1 N–H and O–H groups in total. The number of benzene rings is 2. The Bertz CT molecular complexity index is 818. The summed E-state index contributed by atoms with van der Waals surface area (Å²) in [5.74, 6) is 0.675. The first-order valence-electron chi connectivity index (χ1n) is 6.59. The molecule has 0 aliphatic heterocycles. The van der Waals surface area contributed by atoms with Crippen LogP contribution in [0.1, 0.15) is 5.56 Å². The van der Waals surface area contributed by atoms with Crippen molar-refractivity contribution in [2.24, 2.45) is 0 Å². The van der Waals surface area contributed by atoms with Crippen molar-refractivity contribution in [3.05, 3.63) is 48.0 Å². The largest absolute Gasteiger partial charge is 0.497 e. The molecule has 0 atom stereocenters. The van der Waals surface area contributed by atoms with Gasteiger partial charge in [-0.25, -0.2) is 8.42 Å². The Kier molecular flexibility index (Phi) is 4.93. The highest BCUT2D eigenvalue weighted by Gasteiger charge is 2.30. The molecule has 0 unspecified atom stereocenters. The maximum atomic E-state index is 12.5.